The molecule has 0 fully saturated rings. The van der Waals surface area contributed by atoms with Crippen LogP contribution >= 0.6 is 0 Å². The predicted molar refractivity (Wildman–Crippen MR) is 66.8 cm³/mol. The van der Waals surface area contributed by atoms with Gasteiger partial charge in [0.05, 0.1) is 16.9 Å². The summed E-state index contributed by atoms with van der Waals surface area (Å²) in [5, 5.41) is 5.30. The van der Waals surface area contributed by atoms with Crippen molar-refractivity contribution in [2.24, 2.45) is 5.73 Å². The molecular formula is C13H12N4. The number of hydrogen-bond donors (Lipinski definition) is 1. The first-order valence-electron chi connectivity index (χ1n) is 5.46. The lowest BCUT2D eigenvalue weighted by Crippen LogP contribution is -1.99. The minimum Gasteiger partial charge on any atom is -0.325 e. The van der Waals surface area contributed by atoms with Gasteiger partial charge in [0.2, 0.25) is 0 Å². The summed E-state index contributed by atoms with van der Waals surface area (Å²) in [7, 11) is 0. The maximum absolute atomic E-state index is 5.57. The van der Waals surface area contributed by atoms with Gasteiger partial charge in [0.15, 0.2) is 0 Å². The highest BCUT2D eigenvalue weighted by Crippen LogP contribution is 2.17. The molecule has 0 aliphatic carbocycles. The number of rotatable bonds is 2. The van der Waals surface area contributed by atoms with Crippen LogP contribution in [0.1, 0.15) is 5.69 Å². The SMILES string of the molecule is NCc1ccc2cc(-n3cccn3)ccc2n1. The zero-order chi connectivity index (χ0) is 11.7. The largest absolute Gasteiger partial charge is 0.325 e. The van der Waals surface area contributed by atoms with Gasteiger partial charge in [0.25, 0.3) is 0 Å². The zero-order valence-corrected chi connectivity index (χ0v) is 9.24. The van der Waals surface area contributed by atoms with Gasteiger partial charge in [0, 0.05) is 24.3 Å². The summed E-state index contributed by atoms with van der Waals surface area (Å²) in [6.45, 7) is 0.469. The molecule has 4 heteroatoms. The summed E-state index contributed by atoms with van der Waals surface area (Å²) in [6.07, 6.45) is 3.68. The first-order valence-corrected chi connectivity index (χ1v) is 5.46. The van der Waals surface area contributed by atoms with Crippen molar-refractivity contribution in [2.45, 2.75) is 6.54 Å². The van der Waals surface area contributed by atoms with E-state index >= 15 is 0 Å². The van der Waals surface area contributed by atoms with Gasteiger partial charge in [-0.15, -0.1) is 0 Å². The molecule has 0 aliphatic rings. The van der Waals surface area contributed by atoms with Crippen LogP contribution in [0.15, 0.2) is 48.8 Å². The van der Waals surface area contributed by atoms with Gasteiger partial charge in [-0.25, -0.2) is 4.68 Å². The van der Waals surface area contributed by atoms with E-state index in [0.29, 0.717) is 6.54 Å². The molecule has 0 unspecified atom stereocenters. The molecule has 17 heavy (non-hydrogen) atoms. The Morgan fingerprint density at radius 1 is 1.18 bits per heavy atom. The lowest BCUT2D eigenvalue weighted by Gasteiger charge is -2.04. The molecule has 2 heterocycles. The number of hydrogen-bond acceptors (Lipinski definition) is 3. The lowest BCUT2D eigenvalue weighted by molar-refractivity contribution is 0.882. The highest BCUT2D eigenvalue weighted by molar-refractivity contribution is 5.80. The molecule has 0 aliphatic heterocycles. The Hall–Kier alpha value is -2.20. The Morgan fingerprint density at radius 3 is 2.88 bits per heavy atom. The molecule has 2 N–H and O–H groups in total. The second kappa shape index (κ2) is 3.99. The number of fused-ring (bicyclic) bond motifs is 1. The lowest BCUT2D eigenvalue weighted by atomic mass is 10.2. The monoisotopic (exact) mass is 224 g/mol. The molecule has 0 amide bonds. The summed E-state index contributed by atoms with van der Waals surface area (Å²) < 4.78 is 1.83. The molecule has 4 nitrogen and oxygen atoms in total. The van der Waals surface area contributed by atoms with E-state index in [0.717, 1.165) is 22.3 Å². The molecule has 1 aromatic carbocycles. The standard InChI is InChI=1S/C13H12N4/c14-9-11-3-2-10-8-12(4-5-13(10)16-11)17-7-1-6-15-17/h1-8H,9,14H2. The molecule has 0 saturated carbocycles. The molecule has 3 aromatic rings. The van der Waals surface area contributed by atoms with Crippen molar-refractivity contribution in [3.63, 3.8) is 0 Å². The highest BCUT2D eigenvalue weighted by atomic mass is 15.3. The van der Waals surface area contributed by atoms with E-state index in [1.807, 2.05) is 41.2 Å². The smallest absolute Gasteiger partial charge is 0.0707 e. The summed E-state index contributed by atoms with van der Waals surface area (Å²) in [6, 6.07) is 12.0. The summed E-state index contributed by atoms with van der Waals surface area (Å²) >= 11 is 0. The van der Waals surface area contributed by atoms with Crippen LogP contribution in [0, 0.1) is 0 Å². The van der Waals surface area contributed by atoms with E-state index in [9.17, 15) is 0 Å². The van der Waals surface area contributed by atoms with Crippen LogP contribution in [0.4, 0.5) is 0 Å². The summed E-state index contributed by atoms with van der Waals surface area (Å²) in [5.41, 5.74) is 8.47. The molecule has 0 spiro atoms. The molecule has 3 rings (SSSR count). The number of nitrogens with two attached hydrogens (primary N) is 1. The number of nitrogens with zero attached hydrogens (tertiary/aromatic N) is 3. The van der Waals surface area contributed by atoms with Crippen molar-refractivity contribution in [3.8, 4) is 5.69 Å². The van der Waals surface area contributed by atoms with Gasteiger partial charge >= 0.3 is 0 Å². The molecule has 84 valence electrons. The first-order chi connectivity index (χ1) is 8.36. The zero-order valence-electron chi connectivity index (χ0n) is 9.24. The van der Waals surface area contributed by atoms with Gasteiger partial charge in [-0.3, -0.25) is 4.98 Å². The Morgan fingerprint density at radius 2 is 2.12 bits per heavy atom. The van der Waals surface area contributed by atoms with E-state index < -0.39 is 0 Å². The third kappa shape index (κ3) is 1.79. The predicted octanol–water partition coefficient (Wildman–Crippen LogP) is 1.88. The van der Waals surface area contributed by atoms with Crippen LogP contribution < -0.4 is 5.73 Å². The van der Waals surface area contributed by atoms with Crippen LogP contribution in [0.25, 0.3) is 16.6 Å². The highest BCUT2D eigenvalue weighted by Gasteiger charge is 2.00. The molecule has 0 radical (unpaired) electrons. The maximum atomic E-state index is 5.57. The van der Waals surface area contributed by atoms with Crippen molar-refractivity contribution < 1.29 is 0 Å². The topological polar surface area (TPSA) is 56.7 Å². The molecule has 0 atom stereocenters. The van der Waals surface area contributed by atoms with Crippen molar-refractivity contribution in [1.29, 1.82) is 0 Å². The fraction of sp³-hybridized carbons (Fsp3) is 0.0769. The molecular weight excluding hydrogens is 212 g/mol. The molecule has 0 saturated heterocycles. The quantitative estimate of drug-likeness (QED) is 0.723. The Kier molecular flexibility index (Phi) is 2.34. The van der Waals surface area contributed by atoms with Gasteiger partial charge in [0.1, 0.15) is 0 Å². The van der Waals surface area contributed by atoms with Crippen LogP contribution in [0.3, 0.4) is 0 Å². The van der Waals surface area contributed by atoms with Gasteiger partial charge in [-0.1, -0.05) is 6.07 Å². The van der Waals surface area contributed by atoms with Crippen molar-refractivity contribution >= 4 is 10.9 Å². The van der Waals surface area contributed by atoms with Crippen molar-refractivity contribution in [2.75, 3.05) is 0 Å². The fourth-order valence-corrected chi connectivity index (χ4v) is 1.83. The van der Waals surface area contributed by atoms with Gasteiger partial charge in [-0.05, 0) is 30.3 Å². The van der Waals surface area contributed by atoms with Crippen LogP contribution in [0.2, 0.25) is 0 Å². The fourth-order valence-electron chi connectivity index (χ4n) is 1.83. The third-order valence-corrected chi connectivity index (χ3v) is 2.71. The Bertz CT molecular complexity index is 644. The minimum atomic E-state index is 0.469. The van der Waals surface area contributed by atoms with E-state index in [4.69, 9.17) is 5.73 Å². The van der Waals surface area contributed by atoms with Crippen molar-refractivity contribution in [1.82, 2.24) is 14.8 Å². The first kappa shape index (κ1) is 9.99. The molecule has 0 bridgehead atoms. The second-order valence-corrected chi connectivity index (χ2v) is 3.83. The minimum absolute atomic E-state index is 0.469. The van der Waals surface area contributed by atoms with Gasteiger partial charge < -0.3 is 5.73 Å². The normalized spacial score (nSPS) is 10.9. The number of benzene rings is 1. The van der Waals surface area contributed by atoms with Crippen molar-refractivity contribution in [3.05, 3.63) is 54.5 Å². The molecule has 2 aromatic heterocycles. The number of aromatic nitrogens is 3. The second-order valence-electron chi connectivity index (χ2n) is 3.83. The van der Waals surface area contributed by atoms with Crippen LogP contribution in [-0.2, 0) is 6.54 Å². The summed E-state index contributed by atoms with van der Waals surface area (Å²) in [4.78, 5) is 4.46. The van der Waals surface area contributed by atoms with E-state index in [2.05, 4.69) is 16.1 Å². The Labute approximate surface area is 98.7 Å². The van der Waals surface area contributed by atoms with E-state index in [1.54, 1.807) is 6.20 Å². The van der Waals surface area contributed by atoms with Crippen LogP contribution in [-0.4, -0.2) is 14.8 Å². The average Bonchev–Trinajstić information content (AvgIpc) is 2.91. The number of pyridine rings is 1. The third-order valence-electron chi connectivity index (χ3n) is 2.71. The Balaban J connectivity index is 2.14. The van der Waals surface area contributed by atoms with E-state index in [-0.39, 0.29) is 0 Å². The van der Waals surface area contributed by atoms with E-state index in [1.165, 1.54) is 0 Å². The maximum Gasteiger partial charge on any atom is 0.0707 e. The summed E-state index contributed by atoms with van der Waals surface area (Å²) in [5.74, 6) is 0. The average molecular weight is 224 g/mol. The van der Waals surface area contributed by atoms with Gasteiger partial charge in [-0.2, -0.15) is 5.10 Å². The van der Waals surface area contributed by atoms with Crippen LogP contribution in [0.5, 0.6) is 0 Å².